The van der Waals surface area contributed by atoms with Gasteiger partial charge in [-0.15, -0.1) is 0 Å². The highest BCUT2D eigenvalue weighted by molar-refractivity contribution is 8.18. The summed E-state index contributed by atoms with van der Waals surface area (Å²) in [4.78, 5) is 28.1. The zero-order valence-corrected chi connectivity index (χ0v) is 18.4. The number of hydrogen-bond donors (Lipinski definition) is 2. The van der Waals surface area contributed by atoms with Gasteiger partial charge in [-0.05, 0) is 60.7 Å². The number of furan rings is 1. The van der Waals surface area contributed by atoms with Crippen LogP contribution >= 0.6 is 11.8 Å². The molecule has 8 nitrogen and oxygen atoms in total. The van der Waals surface area contributed by atoms with E-state index in [0.717, 1.165) is 17.3 Å². The Balaban J connectivity index is 1.52. The number of amides is 2. The van der Waals surface area contributed by atoms with Gasteiger partial charge >= 0.3 is 0 Å². The number of imide groups is 1. The average Bonchev–Trinajstić information content (AvgIpc) is 3.50. The van der Waals surface area contributed by atoms with Crippen LogP contribution in [0.3, 0.4) is 0 Å². The Morgan fingerprint density at radius 1 is 1.15 bits per heavy atom. The second-order valence-corrected chi connectivity index (χ2v) is 8.39. The third-order valence-electron chi connectivity index (χ3n) is 5.17. The first-order valence-electron chi connectivity index (χ1n) is 10.00. The average molecular weight is 462 g/mol. The van der Waals surface area contributed by atoms with E-state index in [4.69, 9.17) is 13.6 Å². The van der Waals surface area contributed by atoms with E-state index in [1.165, 1.54) is 7.11 Å². The van der Waals surface area contributed by atoms with Crippen molar-refractivity contribution in [3.63, 3.8) is 0 Å². The number of aliphatic hydroxyl groups excluding tert-OH is 1. The third-order valence-corrected chi connectivity index (χ3v) is 5.98. The molecule has 2 aromatic heterocycles. The monoisotopic (exact) mass is 462 g/mol. The molecule has 5 rings (SSSR count). The predicted molar refractivity (Wildman–Crippen MR) is 123 cm³/mol. The molecule has 0 spiro atoms. The van der Waals surface area contributed by atoms with Crippen molar-refractivity contribution in [3.8, 4) is 17.2 Å². The molecule has 33 heavy (non-hydrogen) atoms. The van der Waals surface area contributed by atoms with Crippen molar-refractivity contribution in [1.29, 1.82) is 0 Å². The summed E-state index contributed by atoms with van der Waals surface area (Å²) in [6.45, 7) is 1.73. The van der Waals surface area contributed by atoms with Crippen molar-refractivity contribution in [2.45, 2.75) is 13.0 Å². The normalized spacial score (nSPS) is 15.9. The number of methoxy groups -OCH3 is 1. The first-order valence-corrected chi connectivity index (χ1v) is 10.8. The van der Waals surface area contributed by atoms with Crippen LogP contribution < -0.4 is 10.1 Å². The van der Waals surface area contributed by atoms with Gasteiger partial charge in [-0.25, -0.2) is 4.98 Å². The number of nitrogens with one attached hydrogen (secondary N) is 1. The highest BCUT2D eigenvalue weighted by Gasteiger charge is 2.26. The highest BCUT2D eigenvalue weighted by Crippen LogP contribution is 2.37. The number of carbonyl (C=O) groups excluding carboxylic acids is 2. The molecule has 1 aliphatic rings. The zero-order chi connectivity index (χ0) is 23.1. The Morgan fingerprint density at radius 2 is 1.94 bits per heavy atom. The maximum Gasteiger partial charge on any atom is 0.290 e. The molecule has 166 valence electrons. The number of oxazole rings is 1. The first-order chi connectivity index (χ1) is 15.9. The SMILES string of the molecule is COc1cc(C=C2SC(=O)NC2=O)cc2cc(C(O)c3nc(-c4ccccc4)oc3C)oc12. The summed E-state index contributed by atoms with van der Waals surface area (Å²) < 4.78 is 17.1. The summed E-state index contributed by atoms with van der Waals surface area (Å²) >= 11 is 0.835. The zero-order valence-electron chi connectivity index (χ0n) is 17.6. The van der Waals surface area contributed by atoms with Gasteiger partial charge in [0.2, 0.25) is 5.89 Å². The minimum atomic E-state index is -1.15. The summed E-state index contributed by atoms with van der Waals surface area (Å²) in [5, 5.41) is 13.5. The number of aromatic nitrogens is 1. The number of hydrogen-bond acceptors (Lipinski definition) is 8. The Morgan fingerprint density at radius 3 is 2.64 bits per heavy atom. The standard InChI is InChI=1S/C24H18N2O6S/c1-12-19(25-23(31-12)14-6-4-3-5-7-14)20(27)16-11-15-8-13(9-17(30-2)21(15)32-16)10-18-22(28)26-24(29)33-18/h3-11,20,27H,1-2H3,(H,26,28,29). The number of fused-ring (bicyclic) bond motifs is 1. The van der Waals surface area contributed by atoms with Gasteiger partial charge in [0.25, 0.3) is 11.1 Å². The largest absolute Gasteiger partial charge is 0.493 e. The fourth-order valence-corrected chi connectivity index (χ4v) is 4.29. The van der Waals surface area contributed by atoms with Crippen molar-refractivity contribution in [2.75, 3.05) is 7.11 Å². The summed E-state index contributed by atoms with van der Waals surface area (Å²) in [6.07, 6.45) is 0.447. The lowest BCUT2D eigenvalue weighted by Crippen LogP contribution is -2.17. The van der Waals surface area contributed by atoms with E-state index in [0.29, 0.717) is 39.6 Å². The molecule has 2 amide bonds. The number of rotatable bonds is 5. The first kappa shape index (κ1) is 21.0. The number of nitrogens with zero attached hydrogens (tertiary/aromatic N) is 1. The summed E-state index contributed by atoms with van der Waals surface area (Å²) in [7, 11) is 1.50. The number of aliphatic hydroxyl groups is 1. The van der Waals surface area contributed by atoms with Crippen molar-refractivity contribution < 1.29 is 28.3 Å². The van der Waals surface area contributed by atoms with E-state index >= 15 is 0 Å². The van der Waals surface area contributed by atoms with E-state index in [1.54, 1.807) is 31.2 Å². The van der Waals surface area contributed by atoms with Crippen LogP contribution in [0.25, 0.3) is 28.5 Å². The van der Waals surface area contributed by atoms with Gasteiger partial charge in [-0.1, -0.05) is 18.2 Å². The molecule has 2 aromatic carbocycles. The van der Waals surface area contributed by atoms with Crippen molar-refractivity contribution in [3.05, 3.63) is 76.2 Å². The lowest BCUT2D eigenvalue weighted by molar-refractivity contribution is -0.115. The van der Waals surface area contributed by atoms with Crippen LogP contribution in [0, 0.1) is 6.92 Å². The Labute approximate surface area is 192 Å². The molecular formula is C24H18N2O6S. The minimum absolute atomic E-state index is 0.271. The summed E-state index contributed by atoms with van der Waals surface area (Å²) in [5.74, 6) is 1.14. The van der Waals surface area contributed by atoms with Crippen LogP contribution in [0.4, 0.5) is 4.79 Å². The van der Waals surface area contributed by atoms with E-state index in [9.17, 15) is 14.7 Å². The number of benzene rings is 2. The van der Waals surface area contributed by atoms with Gasteiger partial charge in [0.1, 0.15) is 17.2 Å². The molecule has 0 aliphatic carbocycles. The van der Waals surface area contributed by atoms with Crippen molar-refractivity contribution in [2.24, 2.45) is 0 Å². The molecule has 0 bridgehead atoms. The van der Waals surface area contributed by atoms with Gasteiger partial charge < -0.3 is 18.7 Å². The van der Waals surface area contributed by atoms with Crippen LogP contribution in [0.1, 0.15) is 28.9 Å². The number of aryl methyl sites for hydroxylation is 1. The molecule has 1 aliphatic heterocycles. The second-order valence-electron chi connectivity index (χ2n) is 7.37. The Bertz CT molecular complexity index is 1420. The van der Waals surface area contributed by atoms with Gasteiger partial charge in [0.05, 0.1) is 12.0 Å². The molecule has 1 fully saturated rings. The molecule has 9 heteroatoms. The maximum absolute atomic E-state index is 11.9. The van der Waals surface area contributed by atoms with Crippen molar-refractivity contribution >= 4 is 40.0 Å². The number of ether oxygens (including phenoxy) is 1. The Hall–Kier alpha value is -3.82. The maximum atomic E-state index is 11.9. The lowest BCUT2D eigenvalue weighted by Gasteiger charge is -2.05. The molecule has 2 N–H and O–H groups in total. The highest BCUT2D eigenvalue weighted by atomic mass is 32.2. The molecule has 0 radical (unpaired) electrons. The fourth-order valence-electron chi connectivity index (χ4n) is 3.61. The van der Waals surface area contributed by atoms with Crippen molar-refractivity contribution in [1.82, 2.24) is 10.3 Å². The molecule has 1 unspecified atom stereocenters. The smallest absolute Gasteiger partial charge is 0.290 e. The second kappa shape index (κ2) is 8.27. The predicted octanol–water partition coefficient (Wildman–Crippen LogP) is 4.81. The van der Waals surface area contributed by atoms with Crippen LogP contribution in [0.2, 0.25) is 0 Å². The van der Waals surface area contributed by atoms with E-state index in [2.05, 4.69) is 10.3 Å². The van der Waals surface area contributed by atoms with Crippen LogP contribution in [-0.4, -0.2) is 28.3 Å². The van der Waals surface area contributed by atoms with Gasteiger partial charge in [0.15, 0.2) is 17.4 Å². The topological polar surface area (TPSA) is 115 Å². The lowest BCUT2D eigenvalue weighted by atomic mass is 10.1. The molecule has 1 atom stereocenters. The van der Waals surface area contributed by atoms with E-state index < -0.39 is 17.3 Å². The van der Waals surface area contributed by atoms with E-state index in [1.807, 2.05) is 30.3 Å². The number of thioether (sulfide) groups is 1. The molecule has 3 heterocycles. The molecule has 1 saturated heterocycles. The van der Waals surface area contributed by atoms with Gasteiger partial charge in [-0.2, -0.15) is 0 Å². The fraction of sp³-hybridized carbons (Fsp3) is 0.125. The van der Waals surface area contributed by atoms with Crippen LogP contribution in [-0.2, 0) is 4.79 Å². The summed E-state index contributed by atoms with van der Waals surface area (Å²) in [6, 6.07) is 14.6. The van der Waals surface area contributed by atoms with E-state index in [-0.39, 0.29) is 10.7 Å². The van der Waals surface area contributed by atoms with Crippen LogP contribution in [0.15, 0.2) is 62.3 Å². The molecule has 4 aromatic rings. The quantitative estimate of drug-likeness (QED) is 0.406. The Kier molecular flexibility index (Phi) is 5.27. The molecule has 0 saturated carbocycles. The van der Waals surface area contributed by atoms with Crippen LogP contribution in [0.5, 0.6) is 5.75 Å². The number of carbonyl (C=O) groups is 2. The third kappa shape index (κ3) is 3.92. The molecular weight excluding hydrogens is 444 g/mol. The minimum Gasteiger partial charge on any atom is -0.493 e. The van der Waals surface area contributed by atoms with Gasteiger partial charge in [-0.3, -0.25) is 14.9 Å². The summed E-state index contributed by atoms with van der Waals surface area (Å²) in [5.41, 5.74) is 2.25. The van der Waals surface area contributed by atoms with Gasteiger partial charge in [0, 0.05) is 10.9 Å².